The second kappa shape index (κ2) is 9.80. The van der Waals surface area contributed by atoms with Crippen molar-refractivity contribution < 1.29 is 5.11 Å². The molecule has 174 valence electrons. The highest BCUT2D eigenvalue weighted by molar-refractivity contribution is 5.63. The van der Waals surface area contributed by atoms with Crippen LogP contribution in [0.5, 0.6) is 0 Å². The van der Waals surface area contributed by atoms with Crippen LogP contribution in [-0.2, 0) is 6.54 Å². The molecule has 5 nitrogen and oxygen atoms in total. The predicted octanol–water partition coefficient (Wildman–Crippen LogP) is 4.58. The summed E-state index contributed by atoms with van der Waals surface area (Å²) in [4.78, 5) is 5.10. The van der Waals surface area contributed by atoms with E-state index in [1.165, 1.54) is 35.1 Å². The molecule has 5 rings (SSSR count). The normalized spacial score (nSPS) is 20.9. The molecule has 2 aromatic carbocycles. The van der Waals surface area contributed by atoms with E-state index in [2.05, 4.69) is 83.1 Å². The van der Waals surface area contributed by atoms with Crippen LogP contribution in [0.4, 0.5) is 0 Å². The second-order valence-corrected chi connectivity index (χ2v) is 9.90. The maximum absolute atomic E-state index is 10.1. The van der Waals surface area contributed by atoms with Crippen molar-refractivity contribution in [3.8, 4) is 16.9 Å². The molecule has 3 heterocycles. The van der Waals surface area contributed by atoms with Gasteiger partial charge in [0.05, 0.1) is 17.5 Å². The van der Waals surface area contributed by atoms with Crippen LogP contribution in [0.15, 0.2) is 54.7 Å². The molecule has 0 bridgehead atoms. The summed E-state index contributed by atoms with van der Waals surface area (Å²) in [7, 11) is 0. The highest BCUT2D eigenvalue weighted by atomic mass is 16.3. The number of aryl methyl sites for hydroxylation is 2. The zero-order valence-electron chi connectivity index (χ0n) is 20.0. The minimum atomic E-state index is -0.138. The molecule has 2 saturated heterocycles. The van der Waals surface area contributed by atoms with Crippen LogP contribution in [0.3, 0.4) is 0 Å². The van der Waals surface area contributed by atoms with Gasteiger partial charge in [0.2, 0.25) is 0 Å². The maximum atomic E-state index is 10.1. The topological polar surface area (TPSA) is 44.5 Å². The molecule has 0 aliphatic carbocycles. The van der Waals surface area contributed by atoms with Crippen LogP contribution >= 0.6 is 0 Å². The number of likely N-dealkylation sites (tertiary alicyclic amines) is 2. The lowest BCUT2D eigenvalue weighted by Gasteiger charge is -2.41. The molecule has 1 atom stereocenters. The Morgan fingerprint density at radius 3 is 2.52 bits per heavy atom. The first-order valence-electron chi connectivity index (χ1n) is 12.4. The summed E-state index contributed by atoms with van der Waals surface area (Å²) >= 11 is 0. The summed E-state index contributed by atoms with van der Waals surface area (Å²) in [6.45, 7) is 9.40. The first kappa shape index (κ1) is 22.3. The third-order valence-corrected chi connectivity index (χ3v) is 7.34. The highest BCUT2D eigenvalue weighted by Crippen LogP contribution is 2.28. The van der Waals surface area contributed by atoms with E-state index in [9.17, 15) is 5.11 Å². The van der Waals surface area contributed by atoms with Crippen molar-refractivity contribution in [3.63, 3.8) is 0 Å². The number of aromatic nitrogens is 2. The summed E-state index contributed by atoms with van der Waals surface area (Å²) in [6.07, 6.45) is 6.54. The Labute approximate surface area is 197 Å². The fourth-order valence-corrected chi connectivity index (χ4v) is 5.45. The molecule has 2 fully saturated rings. The lowest BCUT2D eigenvalue weighted by molar-refractivity contribution is 0.0243. The minimum Gasteiger partial charge on any atom is -0.392 e. The van der Waals surface area contributed by atoms with Crippen LogP contribution in [0, 0.1) is 13.8 Å². The third kappa shape index (κ3) is 5.06. The molecule has 0 amide bonds. The fraction of sp³-hybridized carbons (Fsp3) is 0.464. The highest BCUT2D eigenvalue weighted by Gasteiger charge is 2.28. The molecular weight excluding hydrogens is 408 g/mol. The van der Waals surface area contributed by atoms with Crippen molar-refractivity contribution in [2.45, 2.75) is 58.2 Å². The largest absolute Gasteiger partial charge is 0.392 e. The molecule has 33 heavy (non-hydrogen) atoms. The molecule has 2 aliphatic heterocycles. The van der Waals surface area contributed by atoms with E-state index in [1.54, 1.807) is 0 Å². The van der Waals surface area contributed by atoms with Gasteiger partial charge in [0.15, 0.2) is 0 Å². The van der Waals surface area contributed by atoms with Crippen molar-refractivity contribution in [3.05, 3.63) is 71.4 Å². The lowest BCUT2D eigenvalue weighted by atomic mass is 9.98. The van der Waals surface area contributed by atoms with Crippen molar-refractivity contribution in [1.82, 2.24) is 19.6 Å². The SMILES string of the molecule is Cc1ccc(C)c(-n2cc(CN3CCC(N4CCCC(O)C4)CC3)c(-c3ccccc3)n2)c1. The van der Waals surface area contributed by atoms with E-state index >= 15 is 0 Å². The van der Waals surface area contributed by atoms with E-state index in [4.69, 9.17) is 5.10 Å². The van der Waals surface area contributed by atoms with Crippen LogP contribution in [0.1, 0.15) is 42.4 Å². The van der Waals surface area contributed by atoms with Crippen molar-refractivity contribution in [2.75, 3.05) is 26.2 Å². The zero-order chi connectivity index (χ0) is 22.8. The lowest BCUT2D eigenvalue weighted by Crippen LogP contribution is -2.49. The predicted molar refractivity (Wildman–Crippen MR) is 134 cm³/mol. The number of piperidine rings is 2. The van der Waals surface area contributed by atoms with Gasteiger partial charge in [-0.1, -0.05) is 42.5 Å². The number of rotatable bonds is 5. The maximum Gasteiger partial charge on any atom is 0.0972 e. The third-order valence-electron chi connectivity index (χ3n) is 7.34. The van der Waals surface area contributed by atoms with E-state index in [0.29, 0.717) is 6.04 Å². The molecule has 3 aromatic rings. The number of aliphatic hydroxyl groups is 1. The Kier molecular flexibility index (Phi) is 6.63. The Bertz CT molecular complexity index is 1070. The Hall–Kier alpha value is -2.47. The van der Waals surface area contributed by atoms with Gasteiger partial charge in [0.25, 0.3) is 0 Å². The number of β-amino-alcohol motifs (C(OH)–C–C–N with tert-alkyl or cyclic N) is 1. The van der Waals surface area contributed by atoms with E-state index in [-0.39, 0.29) is 6.10 Å². The minimum absolute atomic E-state index is 0.138. The molecule has 0 radical (unpaired) electrons. The quantitative estimate of drug-likeness (QED) is 0.626. The molecule has 2 aliphatic rings. The smallest absolute Gasteiger partial charge is 0.0972 e. The summed E-state index contributed by atoms with van der Waals surface area (Å²) in [5, 5.41) is 15.1. The number of hydrogen-bond acceptors (Lipinski definition) is 4. The molecule has 1 unspecified atom stereocenters. The molecule has 0 spiro atoms. The van der Waals surface area contributed by atoms with Gasteiger partial charge in [-0.2, -0.15) is 5.10 Å². The van der Waals surface area contributed by atoms with Gasteiger partial charge >= 0.3 is 0 Å². The van der Waals surface area contributed by atoms with E-state index in [1.807, 2.05) is 0 Å². The number of nitrogens with zero attached hydrogens (tertiary/aromatic N) is 4. The van der Waals surface area contributed by atoms with Gasteiger partial charge < -0.3 is 5.11 Å². The Morgan fingerprint density at radius 1 is 0.970 bits per heavy atom. The van der Waals surface area contributed by atoms with Crippen LogP contribution < -0.4 is 0 Å². The fourth-order valence-electron chi connectivity index (χ4n) is 5.45. The Morgan fingerprint density at radius 2 is 1.76 bits per heavy atom. The van der Waals surface area contributed by atoms with Crippen molar-refractivity contribution in [1.29, 1.82) is 0 Å². The van der Waals surface area contributed by atoms with Crippen LogP contribution in [0.2, 0.25) is 0 Å². The van der Waals surface area contributed by atoms with Gasteiger partial charge in [0.1, 0.15) is 0 Å². The first-order chi connectivity index (χ1) is 16.1. The Balaban J connectivity index is 1.35. The second-order valence-electron chi connectivity index (χ2n) is 9.90. The number of hydrogen-bond donors (Lipinski definition) is 1. The van der Waals surface area contributed by atoms with Gasteiger partial charge in [0, 0.05) is 36.5 Å². The standard InChI is InChI=1S/C28H36N4O/c1-21-10-11-22(2)27(17-21)32-19-24(28(29-32)23-7-4-3-5-8-23)18-30-15-12-25(13-16-30)31-14-6-9-26(33)20-31/h3-5,7-8,10-11,17,19,25-26,33H,6,9,12-16,18,20H2,1-2H3. The van der Waals surface area contributed by atoms with E-state index in [0.717, 1.165) is 56.9 Å². The molecule has 5 heteroatoms. The van der Waals surface area contributed by atoms with Gasteiger partial charge in [-0.15, -0.1) is 0 Å². The zero-order valence-corrected chi connectivity index (χ0v) is 20.0. The summed E-state index contributed by atoms with van der Waals surface area (Å²) in [5.41, 5.74) is 7.18. The van der Waals surface area contributed by atoms with E-state index < -0.39 is 0 Å². The number of benzene rings is 2. The van der Waals surface area contributed by atoms with Gasteiger partial charge in [-0.05, 0) is 76.4 Å². The number of aliphatic hydroxyl groups excluding tert-OH is 1. The van der Waals surface area contributed by atoms with Crippen molar-refractivity contribution in [2.24, 2.45) is 0 Å². The monoisotopic (exact) mass is 444 g/mol. The summed E-state index contributed by atoms with van der Waals surface area (Å²) in [5.74, 6) is 0. The van der Waals surface area contributed by atoms with Crippen LogP contribution in [-0.4, -0.2) is 63.0 Å². The van der Waals surface area contributed by atoms with Crippen LogP contribution in [0.25, 0.3) is 16.9 Å². The van der Waals surface area contributed by atoms with Crippen molar-refractivity contribution >= 4 is 0 Å². The molecule has 1 aromatic heterocycles. The summed E-state index contributed by atoms with van der Waals surface area (Å²) in [6, 6.07) is 17.7. The van der Waals surface area contributed by atoms with Gasteiger partial charge in [-0.25, -0.2) is 4.68 Å². The molecule has 0 saturated carbocycles. The summed E-state index contributed by atoms with van der Waals surface area (Å²) < 4.78 is 2.07. The first-order valence-corrected chi connectivity index (χ1v) is 12.4. The average molecular weight is 445 g/mol. The average Bonchev–Trinajstić information content (AvgIpc) is 3.25. The van der Waals surface area contributed by atoms with Gasteiger partial charge in [-0.3, -0.25) is 9.80 Å². The molecular formula is C28H36N4O. The molecule has 1 N–H and O–H groups in total.